The molecular formula is C15H23ClN2O3. The Balaban J connectivity index is 2.90. The van der Waals surface area contributed by atoms with Crippen molar-refractivity contribution < 1.29 is 14.3 Å². The molecule has 1 aromatic heterocycles. The maximum atomic E-state index is 12.6. The minimum Gasteiger partial charge on any atom is -0.383 e. The highest BCUT2D eigenvalue weighted by Crippen LogP contribution is 2.14. The van der Waals surface area contributed by atoms with Crippen LogP contribution in [-0.4, -0.2) is 56.3 Å². The minimum atomic E-state index is -0.0780. The van der Waals surface area contributed by atoms with Crippen molar-refractivity contribution in [2.24, 2.45) is 0 Å². The van der Waals surface area contributed by atoms with Crippen LogP contribution in [0.1, 0.15) is 29.4 Å². The molecule has 0 aliphatic rings. The zero-order chi connectivity index (χ0) is 15.7. The Hall–Kier alpha value is -1.17. The van der Waals surface area contributed by atoms with Gasteiger partial charge in [0, 0.05) is 38.6 Å². The van der Waals surface area contributed by atoms with Crippen LogP contribution in [0, 0.1) is 0 Å². The van der Waals surface area contributed by atoms with Crippen LogP contribution in [0.4, 0.5) is 0 Å². The minimum absolute atomic E-state index is 0.0780. The third kappa shape index (κ3) is 5.99. The number of nitrogens with zero attached hydrogens (tertiary/aromatic N) is 2. The van der Waals surface area contributed by atoms with Gasteiger partial charge in [0.05, 0.1) is 13.2 Å². The first-order valence-electron chi connectivity index (χ1n) is 7.06. The molecule has 0 spiro atoms. The van der Waals surface area contributed by atoms with Gasteiger partial charge in [-0.05, 0) is 18.6 Å². The molecule has 0 aliphatic heterocycles. The molecular weight excluding hydrogens is 292 g/mol. The summed E-state index contributed by atoms with van der Waals surface area (Å²) in [6.07, 6.45) is 1.76. The summed E-state index contributed by atoms with van der Waals surface area (Å²) in [4.78, 5) is 18.5. The second-order valence-corrected chi connectivity index (χ2v) is 5.08. The van der Waals surface area contributed by atoms with Crippen molar-refractivity contribution in [1.29, 1.82) is 0 Å². The molecule has 1 rings (SSSR count). The number of carbonyl (C=O) groups is 1. The fraction of sp³-hybridized carbons (Fsp3) is 0.600. The maximum absolute atomic E-state index is 12.6. The zero-order valence-corrected chi connectivity index (χ0v) is 13.7. The van der Waals surface area contributed by atoms with Crippen LogP contribution >= 0.6 is 11.6 Å². The van der Waals surface area contributed by atoms with Crippen molar-refractivity contribution in [2.75, 3.05) is 40.5 Å². The number of rotatable bonds is 9. The highest BCUT2D eigenvalue weighted by molar-refractivity contribution is 6.29. The van der Waals surface area contributed by atoms with Crippen LogP contribution in [0.3, 0.4) is 0 Å². The molecule has 0 N–H and O–H groups in total. The zero-order valence-electron chi connectivity index (χ0n) is 12.9. The average molecular weight is 315 g/mol. The lowest BCUT2D eigenvalue weighted by atomic mass is 10.1. The molecule has 0 saturated carbocycles. The van der Waals surface area contributed by atoms with E-state index in [0.29, 0.717) is 37.0 Å². The monoisotopic (exact) mass is 314 g/mol. The topological polar surface area (TPSA) is 51.7 Å². The van der Waals surface area contributed by atoms with E-state index in [2.05, 4.69) is 11.9 Å². The fourth-order valence-electron chi connectivity index (χ4n) is 1.96. The van der Waals surface area contributed by atoms with Crippen LogP contribution < -0.4 is 0 Å². The largest absolute Gasteiger partial charge is 0.383 e. The average Bonchev–Trinajstić information content (AvgIpc) is 2.46. The predicted octanol–water partition coefficient (Wildman–Crippen LogP) is 2.42. The van der Waals surface area contributed by atoms with Crippen LogP contribution in [0.15, 0.2) is 12.1 Å². The fourth-order valence-corrected chi connectivity index (χ4v) is 2.19. The summed E-state index contributed by atoms with van der Waals surface area (Å²) < 4.78 is 10.1. The molecule has 6 heteroatoms. The van der Waals surface area contributed by atoms with Crippen molar-refractivity contribution in [3.05, 3.63) is 28.5 Å². The summed E-state index contributed by atoms with van der Waals surface area (Å²) in [7, 11) is 3.23. The van der Waals surface area contributed by atoms with E-state index in [0.717, 1.165) is 18.5 Å². The molecule has 0 radical (unpaired) electrons. The molecule has 21 heavy (non-hydrogen) atoms. The Morgan fingerprint density at radius 3 is 2.38 bits per heavy atom. The Morgan fingerprint density at radius 2 is 1.86 bits per heavy atom. The van der Waals surface area contributed by atoms with Crippen LogP contribution in [0.2, 0.25) is 5.15 Å². The maximum Gasteiger partial charge on any atom is 0.254 e. The summed E-state index contributed by atoms with van der Waals surface area (Å²) in [6, 6.07) is 3.42. The summed E-state index contributed by atoms with van der Waals surface area (Å²) in [5.41, 5.74) is 1.40. The molecule has 1 aromatic rings. The van der Waals surface area contributed by atoms with Gasteiger partial charge in [0.15, 0.2) is 0 Å². The number of pyridine rings is 1. The van der Waals surface area contributed by atoms with Crippen molar-refractivity contribution in [3.8, 4) is 0 Å². The Labute approximate surface area is 131 Å². The van der Waals surface area contributed by atoms with E-state index in [1.165, 1.54) is 0 Å². The summed E-state index contributed by atoms with van der Waals surface area (Å²) in [5, 5.41) is 0.350. The lowest BCUT2D eigenvalue weighted by molar-refractivity contribution is 0.0627. The van der Waals surface area contributed by atoms with Gasteiger partial charge in [-0.3, -0.25) is 4.79 Å². The number of amides is 1. The predicted molar refractivity (Wildman–Crippen MR) is 82.9 cm³/mol. The molecule has 1 amide bonds. The second kappa shape index (κ2) is 9.71. The lowest BCUT2D eigenvalue weighted by Gasteiger charge is -2.22. The van der Waals surface area contributed by atoms with E-state index in [-0.39, 0.29) is 5.91 Å². The number of carbonyl (C=O) groups excluding carboxylic acids is 1. The number of methoxy groups -OCH3 is 2. The van der Waals surface area contributed by atoms with E-state index in [1.54, 1.807) is 25.2 Å². The summed E-state index contributed by atoms with van der Waals surface area (Å²) in [6.45, 7) is 4.06. The Morgan fingerprint density at radius 1 is 1.24 bits per heavy atom. The quantitative estimate of drug-likeness (QED) is 0.657. The van der Waals surface area contributed by atoms with Crippen LogP contribution in [-0.2, 0) is 15.9 Å². The molecule has 0 bridgehead atoms. The van der Waals surface area contributed by atoms with Gasteiger partial charge < -0.3 is 14.4 Å². The van der Waals surface area contributed by atoms with Gasteiger partial charge >= 0.3 is 0 Å². The lowest BCUT2D eigenvalue weighted by Crippen LogP contribution is -2.36. The second-order valence-electron chi connectivity index (χ2n) is 4.70. The molecule has 0 fully saturated rings. The first-order chi connectivity index (χ1) is 10.1. The van der Waals surface area contributed by atoms with E-state index < -0.39 is 0 Å². The molecule has 1 heterocycles. The summed E-state index contributed by atoms with van der Waals surface area (Å²) >= 11 is 6.01. The standard InChI is InChI=1S/C15H23ClN2O3/c1-4-5-13-10-12(11-14(16)17-13)15(19)18(6-8-20-2)7-9-21-3/h10-11H,4-9H2,1-3H3. The van der Waals surface area contributed by atoms with Crippen molar-refractivity contribution in [3.63, 3.8) is 0 Å². The van der Waals surface area contributed by atoms with E-state index in [4.69, 9.17) is 21.1 Å². The van der Waals surface area contributed by atoms with Crippen molar-refractivity contribution in [2.45, 2.75) is 19.8 Å². The van der Waals surface area contributed by atoms with Gasteiger partial charge in [-0.15, -0.1) is 0 Å². The molecule has 0 aliphatic carbocycles. The van der Waals surface area contributed by atoms with Gasteiger partial charge in [0.25, 0.3) is 5.91 Å². The number of aromatic nitrogens is 1. The van der Waals surface area contributed by atoms with Gasteiger partial charge in [0.1, 0.15) is 5.15 Å². The SMILES string of the molecule is CCCc1cc(C(=O)N(CCOC)CCOC)cc(Cl)n1. The highest BCUT2D eigenvalue weighted by Gasteiger charge is 2.17. The van der Waals surface area contributed by atoms with Crippen molar-refractivity contribution in [1.82, 2.24) is 9.88 Å². The Kier molecular flexibility index (Phi) is 8.27. The smallest absolute Gasteiger partial charge is 0.254 e. The number of halogens is 1. The first-order valence-corrected chi connectivity index (χ1v) is 7.43. The van der Waals surface area contributed by atoms with E-state index in [1.807, 2.05) is 6.07 Å². The first kappa shape index (κ1) is 17.9. The van der Waals surface area contributed by atoms with E-state index >= 15 is 0 Å². The van der Waals surface area contributed by atoms with Crippen LogP contribution in [0.25, 0.3) is 0 Å². The Bertz CT molecular complexity index is 447. The van der Waals surface area contributed by atoms with Gasteiger partial charge in [-0.2, -0.15) is 0 Å². The van der Waals surface area contributed by atoms with Crippen molar-refractivity contribution >= 4 is 17.5 Å². The van der Waals surface area contributed by atoms with Gasteiger partial charge in [-0.25, -0.2) is 4.98 Å². The number of hydrogen-bond acceptors (Lipinski definition) is 4. The normalized spacial score (nSPS) is 10.7. The summed E-state index contributed by atoms with van der Waals surface area (Å²) in [5.74, 6) is -0.0780. The third-order valence-electron chi connectivity index (χ3n) is 3.02. The molecule has 0 atom stereocenters. The molecule has 5 nitrogen and oxygen atoms in total. The van der Waals surface area contributed by atoms with Crippen LogP contribution in [0.5, 0.6) is 0 Å². The number of aryl methyl sites for hydroxylation is 1. The van der Waals surface area contributed by atoms with E-state index in [9.17, 15) is 4.79 Å². The molecule has 0 saturated heterocycles. The number of ether oxygens (including phenoxy) is 2. The molecule has 0 aromatic carbocycles. The highest BCUT2D eigenvalue weighted by atomic mass is 35.5. The molecule has 118 valence electrons. The third-order valence-corrected chi connectivity index (χ3v) is 3.21. The van der Waals surface area contributed by atoms with Gasteiger partial charge in [-0.1, -0.05) is 24.9 Å². The molecule has 0 unspecified atom stereocenters. The number of hydrogen-bond donors (Lipinski definition) is 0. The van der Waals surface area contributed by atoms with Gasteiger partial charge in [0.2, 0.25) is 0 Å².